The van der Waals surface area contributed by atoms with Crippen LogP contribution in [0.15, 0.2) is 29.1 Å². The molecule has 0 radical (unpaired) electrons. The quantitative estimate of drug-likeness (QED) is 0.858. The number of hydrogen-bond acceptors (Lipinski definition) is 4. The number of fused-ring (bicyclic) bond motifs is 1. The fourth-order valence-electron chi connectivity index (χ4n) is 3.24. The zero-order valence-electron chi connectivity index (χ0n) is 13.5. The van der Waals surface area contributed by atoms with E-state index in [1.165, 1.54) is 0 Å². The molecule has 1 aromatic heterocycles. The van der Waals surface area contributed by atoms with Gasteiger partial charge in [-0.1, -0.05) is 18.2 Å². The number of rotatable bonds is 3. The Labute approximate surface area is 138 Å². The van der Waals surface area contributed by atoms with Gasteiger partial charge < -0.3 is 10.6 Å². The van der Waals surface area contributed by atoms with Gasteiger partial charge in [0, 0.05) is 18.0 Å². The molecule has 1 aromatic carbocycles. The molecule has 3 rings (SSSR count). The summed E-state index contributed by atoms with van der Waals surface area (Å²) in [6.07, 6.45) is 1.53. The molecule has 2 aromatic rings. The van der Waals surface area contributed by atoms with Gasteiger partial charge in [0.1, 0.15) is 0 Å². The molecule has 7 heteroatoms. The van der Waals surface area contributed by atoms with Gasteiger partial charge in [-0.2, -0.15) is 5.10 Å². The summed E-state index contributed by atoms with van der Waals surface area (Å²) < 4.78 is 0. The number of H-pyrrole nitrogens is 1. The highest BCUT2D eigenvalue weighted by Gasteiger charge is 2.31. The number of piperidine rings is 1. The van der Waals surface area contributed by atoms with Crippen LogP contribution in [0.2, 0.25) is 0 Å². The molecule has 0 aliphatic carbocycles. The largest absolute Gasteiger partial charge is 0.369 e. The Morgan fingerprint density at radius 1 is 1.29 bits per heavy atom. The third-order valence-corrected chi connectivity index (χ3v) is 4.70. The molecule has 3 N–H and O–H groups in total. The standard InChI is InChI=1S/C17H20N4O3/c1-10-6-7-11(16(18)23)9-21(10)15(22)8-14-12-4-2-3-5-13(12)17(24)20-19-14/h2-5,10-11H,6-9H2,1H3,(H2,18,23)(H,20,24)/t10-,11+/m0/s1. The van der Waals surface area contributed by atoms with Crippen molar-refractivity contribution in [1.29, 1.82) is 0 Å². The van der Waals surface area contributed by atoms with E-state index in [4.69, 9.17) is 5.73 Å². The Morgan fingerprint density at radius 3 is 2.71 bits per heavy atom. The Balaban J connectivity index is 1.86. The van der Waals surface area contributed by atoms with Crippen molar-refractivity contribution in [3.05, 3.63) is 40.3 Å². The summed E-state index contributed by atoms with van der Waals surface area (Å²) in [5.41, 5.74) is 5.64. The molecule has 2 atom stereocenters. The summed E-state index contributed by atoms with van der Waals surface area (Å²) in [6, 6.07) is 7.13. The van der Waals surface area contributed by atoms with Crippen LogP contribution in [0.5, 0.6) is 0 Å². The predicted octanol–water partition coefficient (Wildman–Crippen LogP) is 0.578. The normalized spacial score (nSPS) is 21.0. The van der Waals surface area contributed by atoms with E-state index in [-0.39, 0.29) is 35.8 Å². The van der Waals surface area contributed by atoms with Crippen molar-refractivity contribution in [1.82, 2.24) is 15.1 Å². The van der Waals surface area contributed by atoms with E-state index in [0.29, 0.717) is 29.4 Å². The third-order valence-electron chi connectivity index (χ3n) is 4.70. The number of benzene rings is 1. The Bertz CT molecular complexity index is 845. The minimum absolute atomic E-state index is 0.0575. The minimum atomic E-state index is -0.368. The fourth-order valence-corrected chi connectivity index (χ4v) is 3.24. The van der Waals surface area contributed by atoms with Crippen LogP contribution in [0, 0.1) is 5.92 Å². The summed E-state index contributed by atoms with van der Waals surface area (Å²) >= 11 is 0. The Kier molecular flexibility index (Phi) is 4.33. The number of aromatic nitrogens is 2. The number of amides is 2. The number of nitrogens with one attached hydrogen (secondary N) is 1. The van der Waals surface area contributed by atoms with Gasteiger partial charge in [-0.25, -0.2) is 5.10 Å². The van der Waals surface area contributed by atoms with Crippen LogP contribution in [0.4, 0.5) is 0 Å². The maximum Gasteiger partial charge on any atom is 0.272 e. The first-order valence-corrected chi connectivity index (χ1v) is 8.02. The number of likely N-dealkylation sites (tertiary alicyclic amines) is 1. The molecule has 1 fully saturated rings. The van der Waals surface area contributed by atoms with E-state index in [0.717, 1.165) is 6.42 Å². The summed E-state index contributed by atoms with van der Waals surface area (Å²) in [5.74, 6) is -0.782. The lowest BCUT2D eigenvalue weighted by molar-refractivity contribution is -0.137. The van der Waals surface area contributed by atoms with Crippen molar-refractivity contribution in [2.24, 2.45) is 11.7 Å². The number of carbonyl (C=O) groups excluding carboxylic acids is 2. The van der Waals surface area contributed by atoms with Crippen LogP contribution >= 0.6 is 0 Å². The fraction of sp³-hybridized carbons (Fsp3) is 0.412. The van der Waals surface area contributed by atoms with Crippen molar-refractivity contribution >= 4 is 22.6 Å². The molecule has 2 amide bonds. The predicted molar refractivity (Wildman–Crippen MR) is 89.2 cm³/mol. The SMILES string of the molecule is C[C@H]1CC[C@@H](C(N)=O)CN1C(=O)Cc1n[nH]c(=O)c2ccccc12. The molecule has 0 spiro atoms. The summed E-state index contributed by atoms with van der Waals surface area (Å²) in [7, 11) is 0. The first-order valence-electron chi connectivity index (χ1n) is 8.02. The molecule has 1 aliphatic rings. The molecule has 24 heavy (non-hydrogen) atoms. The lowest BCUT2D eigenvalue weighted by atomic mass is 9.92. The topological polar surface area (TPSA) is 109 Å². The van der Waals surface area contributed by atoms with Gasteiger partial charge in [0.2, 0.25) is 11.8 Å². The molecule has 7 nitrogen and oxygen atoms in total. The van der Waals surface area contributed by atoms with Crippen molar-refractivity contribution in [3.63, 3.8) is 0 Å². The van der Waals surface area contributed by atoms with Gasteiger partial charge in [0.25, 0.3) is 5.56 Å². The highest BCUT2D eigenvalue weighted by atomic mass is 16.2. The molecule has 2 heterocycles. The number of primary amides is 1. The summed E-state index contributed by atoms with van der Waals surface area (Å²) in [5, 5.41) is 7.67. The van der Waals surface area contributed by atoms with Crippen LogP contribution in [0.1, 0.15) is 25.5 Å². The molecule has 0 unspecified atom stereocenters. The molecule has 1 saturated heterocycles. The van der Waals surface area contributed by atoms with E-state index < -0.39 is 0 Å². The van der Waals surface area contributed by atoms with Gasteiger partial charge in [0.15, 0.2) is 0 Å². The van der Waals surface area contributed by atoms with Gasteiger partial charge >= 0.3 is 0 Å². The monoisotopic (exact) mass is 328 g/mol. The maximum atomic E-state index is 12.7. The average Bonchev–Trinajstić information content (AvgIpc) is 2.57. The van der Waals surface area contributed by atoms with E-state index in [9.17, 15) is 14.4 Å². The second-order valence-electron chi connectivity index (χ2n) is 6.29. The second kappa shape index (κ2) is 6.43. The van der Waals surface area contributed by atoms with Crippen molar-refractivity contribution in [3.8, 4) is 0 Å². The molecule has 0 bridgehead atoms. The van der Waals surface area contributed by atoms with Crippen LogP contribution < -0.4 is 11.3 Å². The number of nitrogens with zero attached hydrogens (tertiary/aromatic N) is 2. The first-order chi connectivity index (χ1) is 11.5. The van der Waals surface area contributed by atoms with E-state index in [1.54, 1.807) is 23.1 Å². The summed E-state index contributed by atoms with van der Waals surface area (Å²) in [6.45, 7) is 2.31. The summed E-state index contributed by atoms with van der Waals surface area (Å²) in [4.78, 5) is 37.7. The van der Waals surface area contributed by atoms with Crippen molar-refractivity contribution < 1.29 is 9.59 Å². The van der Waals surface area contributed by atoms with E-state index in [2.05, 4.69) is 10.2 Å². The molecule has 126 valence electrons. The number of nitrogens with two attached hydrogens (primary N) is 1. The zero-order valence-corrected chi connectivity index (χ0v) is 13.5. The van der Waals surface area contributed by atoms with Gasteiger partial charge in [-0.15, -0.1) is 0 Å². The van der Waals surface area contributed by atoms with E-state index in [1.807, 2.05) is 13.0 Å². The zero-order chi connectivity index (χ0) is 17.3. The lowest BCUT2D eigenvalue weighted by Gasteiger charge is -2.37. The number of aromatic amines is 1. The number of carbonyl (C=O) groups is 2. The highest BCUT2D eigenvalue weighted by Crippen LogP contribution is 2.23. The number of hydrogen-bond donors (Lipinski definition) is 2. The van der Waals surface area contributed by atoms with Crippen LogP contribution in [0.25, 0.3) is 10.8 Å². The lowest BCUT2D eigenvalue weighted by Crippen LogP contribution is -2.49. The van der Waals surface area contributed by atoms with Crippen molar-refractivity contribution in [2.45, 2.75) is 32.2 Å². The maximum absolute atomic E-state index is 12.7. The Hall–Kier alpha value is -2.70. The van der Waals surface area contributed by atoms with Crippen LogP contribution in [-0.2, 0) is 16.0 Å². The smallest absolute Gasteiger partial charge is 0.272 e. The third kappa shape index (κ3) is 3.02. The van der Waals surface area contributed by atoms with Gasteiger partial charge in [-0.05, 0) is 25.8 Å². The minimum Gasteiger partial charge on any atom is -0.369 e. The van der Waals surface area contributed by atoms with Gasteiger partial charge in [-0.3, -0.25) is 14.4 Å². The van der Waals surface area contributed by atoms with Crippen LogP contribution in [0.3, 0.4) is 0 Å². The molecular formula is C17H20N4O3. The molecule has 1 aliphatic heterocycles. The first kappa shape index (κ1) is 16.2. The second-order valence-corrected chi connectivity index (χ2v) is 6.29. The average molecular weight is 328 g/mol. The molecular weight excluding hydrogens is 308 g/mol. The highest BCUT2D eigenvalue weighted by molar-refractivity contribution is 5.88. The molecule has 0 saturated carbocycles. The van der Waals surface area contributed by atoms with Gasteiger partial charge in [0.05, 0.1) is 23.4 Å². The van der Waals surface area contributed by atoms with E-state index >= 15 is 0 Å². The Morgan fingerprint density at radius 2 is 2.00 bits per heavy atom. The van der Waals surface area contributed by atoms with Crippen molar-refractivity contribution in [2.75, 3.05) is 6.54 Å². The van der Waals surface area contributed by atoms with Crippen LogP contribution in [-0.4, -0.2) is 39.5 Å².